The monoisotopic (exact) mass is 505 g/mol. The van der Waals surface area contributed by atoms with Crippen LogP contribution in [0.1, 0.15) is 52.1 Å². The molecule has 3 aromatic carbocycles. The number of fused-ring (bicyclic) bond motifs is 1. The zero-order valence-corrected chi connectivity index (χ0v) is 21.8. The molecule has 0 radical (unpaired) electrons. The van der Waals surface area contributed by atoms with E-state index in [4.69, 9.17) is 4.74 Å². The molecule has 8 heteroatoms. The van der Waals surface area contributed by atoms with Crippen LogP contribution in [-0.4, -0.2) is 46.6 Å². The Labute approximate surface area is 217 Å². The van der Waals surface area contributed by atoms with Crippen molar-refractivity contribution in [2.75, 3.05) is 18.4 Å². The molecule has 3 aromatic rings. The Hall–Kier alpha value is -4.07. The van der Waals surface area contributed by atoms with Gasteiger partial charge in [-0.15, -0.1) is 0 Å². The Morgan fingerprint density at radius 3 is 2.30 bits per heavy atom. The summed E-state index contributed by atoms with van der Waals surface area (Å²) in [5.74, 6) is -0.774. The van der Waals surface area contributed by atoms with Crippen molar-refractivity contribution in [3.63, 3.8) is 0 Å². The van der Waals surface area contributed by atoms with Crippen molar-refractivity contribution in [1.29, 1.82) is 0 Å². The van der Waals surface area contributed by atoms with Crippen molar-refractivity contribution in [2.45, 2.75) is 52.2 Å². The van der Waals surface area contributed by atoms with Gasteiger partial charge in [-0.2, -0.15) is 0 Å². The van der Waals surface area contributed by atoms with E-state index in [1.807, 2.05) is 49.4 Å². The van der Waals surface area contributed by atoms with Gasteiger partial charge in [0.2, 0.25) is 5.91 Å². The summed E-state index contributed by atoms with van der Waals surface area (Å²) in [5, 5.41) is 17.3. The lowest BCUT2D eigenvalue weighted by atomic mass is 10.0. The Morgan fingerprint density at radius 2 is 1.65 bits per heavy atom. The molecule has 0 saturated heterocycles. The predicted molar refractivity (Wildman–Crippen MR) is 144 cm³/mol. The van der Waals surface area contributed by atoms with Gasteiger partial charge in [0.05, 0.1) is 0 Å². The summed E-state index contributed by atoms with van der Waals surface area (Å²) in [6, 6.07) is 18.7. The van der Waals surface area contributed by atoms with Crippen LogP contribution in [0.25, 0.3) is 10.8 Å². The zero-order chi connectivity index (χ0) is 27.0. The van der Waals surface area contributed by atoms with Crippen molar-refractivity contribution < 1.29 is 24.2 Å². The number of carbonyl (C=O) groups is 3. The van der Waals surface area contributed by atoms with E-state index in [1.54, 1.807) is 32.9 Å². The molecule has 0 spiro atoms. The van der Waals surface area contributed by atoms with E-state index >= 15 is 0 Å². The van der Waals surface area contributed by atoms with Crippen molar-refractivity contribution in [1.82, 2.24) is 10.2 Å². The minimum atomic E-state index is -0.980. The van der Waals surface area contributed by atoms with Gasteiger partial charge in [0, 0.05) is 12.2 Å². The molecule has 0 bridgehead atoms. The van der Waals surface area contributed by atoms with Crippen LogP contribution in [-0.2, 0) is 14.3 Å². The third-order valence-corrected chi connectivity index (χ3v) is 5.64. The maximum atomic E-state index is 13.7. The molecule has 0 fully saturated rings. The summed E-state index contributed by atoms with van der Waals surface area (Å²) in [6.45, 7) is 7.19. The van der Waals surface area contributed by atoms with Gasteiger partial charge in [0.1, 0.15) is 23.9 Å². The fraction of sp³-hybridized carbons (Fsp3) is 0.345. The number of carbonyl (C=O) groups excluding carboxylic acids is 3. The molecule has 196 valence electrons. The number of ether oxygens (including phenoxy) is 1. The molecular weight excluding hydrogens is 470 g/mol. The van der Waals surface area contributed by atoms with E-state index in [9.17, 15) is 19.5 Å². The lowest BCUT2D eigenvalue weighted by molar-refractivity contribution is -0.138. The number of unbranched alkanes of at least 4 members (excludes halogenated alkanes) is 1. The predicted octanol–water partition coefficient (Wildman–Crippen LogP) is 5.38. The van der Waals surface area contributed by atoms with Gasteiger partial charge >= 0.3 is 6.09 Å². The van der Waals surface area contributed by atoms with Gasteiger partial charge in [-0.25, -0.2) is 4.79 Å². The highest BCUT2D eigenvalue weighted by atomic mass is 16.6. The van der Waals surface area contributed by atoms with E-state index in [0.29, 0.717) is 24.2 Å². The molecule has 3 rings (SSSR count). The smallest absolute Gasteiger partial charge is 0.408 e. The Kier molecular flexibility index (Phi) is 9.11. The minimum absolute atomic E-state index is 0.0514. The van der Waals surface area contributed by atoms with Gasteiger partial charge < -0.3 is 25.4 Å². The van der Waals surface area contributed by atoms with Crippen LogP contribution in [0.4, 0.5) is 10.5 Å². The van der Waals surface area contributed by atoms with Crippen LogP contribution in [0.2, 0.25) is 0 Å². The van der Waals surface area contributed by atoms with Crippen LogP contribution in [0, 0.1) is 0 Å². The van der Waals surface area contributed by atoms with Gasteiger partial charge in [-0.1, -0.05) is 55.8 Å². The number of hydrogen-bond acceptors (Lipinski definition) is 5. The highest BCUT2D eigenvalue weighted by Crippen LogP contribution is 2.27. The van der Waals surface area contributed by atoms with Crippen molar-refractivity contribution in [2.24, 2.45) is 0 Å². The first-order valence-electron chi connectivity index (χ1n) is 12.4. The second-order valence-electron chi connectivity index (χ2n) is 9.84. The third-order valence-electron chi connectivity index (χ3n) is 5.64. The number of aromatic hydroxyl groups is 1. The summed E-state index contributed by atoms with van der Waals surface area (Å²) in [6.07, 6.45) is 0.756. The number of phenolic OH excluding ortho intramolecular Hbond substituents is 1. The largest absolute Gasteiger partial charge is 0.508 e. The number of amides is 3. The number of alkyl carbamates (subject to hydrolysis) is 1. The normalized spacial score (nSPS) is 12.0. The van der Waals surface area contributed by atoms with Crippen LogP contribution in [0.15, 0.2) is 66.7 Å². The highest BCUT2D eigenvalue weighted by molar-refractivity contribution is 6.00. The van der Waals surface area contributed by atoms with E-state index in [1.165, 1.54) is 17.0 Å². The Morgan fingerprint density at radius 1 is 0.973 bits per heavy atom. The Balaban J connectivity index is 1.89. The molecule has 0 aliphatic carbocycles. The molecule has 3 N–H and O–H groups in total. The second kappa shape index (κ2) is 12.3. The molecule has 0 aromatic heterocycles. The summed E-state index contributed by atoms with van der Waals surface area (Å²) in [7, 11) is 0. The number of rotatable bonds is 9. The summed E-state index contributed by atoms with van der Waals surface area (Å²) in [5.41, 5.74) is 0.434. The van der Waals surface area contributed by atoms with Gasteiger partial charge in [-0.05, 0) is 67.8 Å². The fourth-order valence-electron chi connectivity index (χ4n) is 3.90. The standard InChI is InChI=1S/C29H35N3O5/c1-5-6-17-32(25(34)19-30-28(36)37-29(2,3)4)26(21-12-15-24(33)16-13-21)27(35)31-23-14-11-20-9-7-8-10-22(20)18-23/h7-16,18,26,33H,5-6,17,19H2,1-4H3,(H,30,36)(H,31,35). The van der Waals surface area contributed by atoms with Crippen LogP contribution in [0.5, 0.6) is 5.75 Å². The minimum Gasteiger partial charge on any atom is -0.508 e. The molecule has 0 saturated carbocycles. The molecule has 0 aliphatic heterocycles. The highest BCUT2D eigenvalue weighted by Gasteiger charge is 2.31. The number of hydrogen-bond donors (Lipinski definition) is 3. The van der Waals surface area contributed by atoms with E-state index in [2.05, 4.69) is 10.6 Å². The summed E-state index contributed by atoms with van der Waals surface area (Å²) in [4.78, 5) is 40.7. The Bertz CT molecular complexity index is 1230. The number of nitrogens with zero attached hydrogens (tertiary/aromatic N) is 1. The molecule has 1 atom stereocenters. The number of benzene rings is 3. The first kappa shape index (κ1) is 27.5. The average Bonchev–Trinajstić information content (AvgIpc) is 2.84. The number of nitrogens with one attached hydrogen (secondary N) is 2. The van der Waals surface area contributed by atoms with Crippen LogP contribution in [0.3, 0.4) is 0 Å². The first-order valence-corrected chi connectivity index (χ1v) is 12.4. The lowest BCUT2D eigenvalue weighted by Gasteiger charge is -2.32. The third kappa shape index (κ3) is 7.96. The molecular formula is C29H35N3O5. The van der Waals surface area contributed by atoms with Crippen molar-refractivity contribution >= 4 is 34.4 Å². The fourth-order valence-corrected chi connectivity index (χ4v) is 3.90. The second-order valence-corrected chi connectivity index (χ2v) is 9.84. The SMILES string of the molecule is CCCCN(C(=O)CNC(=O)OC(C)(C)C)C(C(=O)Nc1ccc2ccccc2c1)c1ccc(O)cc1. The van der Waals surface area contributed by atoms with E-state index < -0.39 is 29.6 Å². The van der Waals surface area contributed by atoms with Gasteiger partial charge in [0.25, 0.3) is 5.91 Å². The molecule has 37 heavy (non-hydrogen) atoms. The summed E-state index contributed by atoms with van der Waals surface area (Å²) >= 11 is 0. The van der Waals surface area contributed by atoms with Crippen LogP contribution >= 0.6 is 0 Å². The van der Waals surface area contributed by atoms with Gasteiger partial charge in [0.15, 0.2) is 0 Å². The lowest BCUT2D eigenvalue weighted by Crippen LogP contribution is -2.46. The van der Waals surface area contributed by atoms with Crippen molar-refractivity contribution in [3.8, 4) is 5.75 Å². The molecule has 1 unspecified atom stereocenters. The zero-order valence-electron chi connectivity index (χ0n) is 21.8. The quantitative estimate of drug-likeness (QED) is 0.362. The average molecular weight is 506 g/mol. The number of anilines is 1. The van der Waals surface area contributed by atoms with Crippen LogP contribution < -0.4 is 10.6 Å². The van der Waals surface area contributed by atoms with Crippen molar-refractivity contribution in [3.05, 3.63) is 72.3 Å². The number of phenols is 1. The first-order chi connectivity index (χ1) is 17.6. The maximum absolute atomic E-state index is 13.7. The topological polar surface area (TPSA) is 108 Å². The maximum Gasteiger partial charge on any atom is 0.408 e. The molecule has 0 aliphatic rings. The molecule has 8 nitrogen and oxygen atoms in total. The van der Waals surface area contributed by atoms with E-state index in [-0.39, 0.29) is 12.3 Å². The van der Waals surface area contributed by atoms with Gasteiger partial charge in [-0.3, -0.25) is 9.59 Å². The summed E-state index contributed by atoms with van der Waals surface area (Å²) < 4.78 is 5.24. The van der Waals surface area contributed by atoms with E-state index in [0.717, 1.165) is 17.2 Å². The molecule has 0 heterocycles. The molecule has 3 amide bonds.